The highest BCUT2D eigenvalue weighted by atomic mass is 35.5. The van der Waals surface area contributed by atoms with E-state index in [1.807, 2.05) is 0 Å². The smallest absolute Gasteiger partial charge is 0.240 e. The molecule has 0 bridgehead atoms. The molecule has 5 nitrogen and oxygen atoms in total. The molecule has 134 valence electrons. The lowest BCUT2D eigenvalue weighted by Gasteiger charge is -2.22. The number of sulfonamides is 1. The Kier molecular flexibility index (Phi) is 6.16. The highest BCUT2D eigenvalue weighted by Crippen LogP contribution is 2.25. The number of amides is 1. The second-order valence-corrected chi connectivity index (χ2v) is 7.57. The number of rotatable bonds is 6. The van der Waals surface area contributed by atoms with E-state index in [1.165, 1.54) is 24.8 Å². The van der Waals surface area contributed by atoms with Crippen LogP contribution in [0.1, 0.15) is 12.5 Å². The first kappa shape index (κ1) is 19.4. The van der Waals surface area contributed by atoms with Crippen molar-refractivity contribution < 1.29 is 17.6 Å². The van der Waals surface area contributed by atoms with Gasteiger partial charge in [-0.2, -0.15) is 0 Å². The lowest BCUT2D eigenvalue weighted by Crippen LogP contribution is -2.37. The van der Waals surface area contributed by atoms with Crippen LogP contribution >= 0.6 is 11.6 Å². The Morgan fingerprint density at radius 2 is 1.92 bits per heavy atom. The third-order valence-electron chi connectivity index (χ3n) is 3.58. The Bertz CT molecular complexity index is 887. The number of aryl methyl sites for hydroxylation is 1. The maximum Gasteiger partial charge on any atom is 0.240 e. The Hall–Kier alpha value is -1.96. The SMILES string of the molecule is CC(=O)N(CCNS(=O)(=O)c1ccc(F)cc1C)c1ccccc1Cl. The minimum absolute atomic E-state index is 0.000943. The van der Waals surface area contributed by atoms with Gasteiger partial charge in [0.1, 0.15) is 5.82 Å². The molecule has 0 atom stereocenters. The summed E-state index contributed by atoms with van der Waals surface area (Å²) in [6.45, 7) is 2.99. The third kappa shape index (κ3) is 4.78. The van der Waals surface area contributed by atoms with Crippen molar-refractivity contribution in [2.45, 2.75) is 18.7 Å². The molecule has 2 rings (SSSR count). The zero-order valence-corrected chi connectivity index (χ0v) is 15.4. The van der Waals surface area contributed by atoms with Crippen molar-refractivity contribution in [3.8, 4) is 0 Å². The molecule has 0 radical (unpaired) electrons. The molecule has 0 unspecified atom stereocenters. The number of carbonyl (C=O) groups excluding carboxylic acids is 1. The predicted molar refractivity (Wildman–Crippen MR) is 95.8 cm³/mol. The van der Waals surface area contributed by atoms with Gasteiger partial charge < -0.3 is 4.90 Å². The molecule has 2 aromatic carbocycles. The van der Waals surface area contributed by atoms with E-state index in [0.717, 1.165) is 12.1 Å². The minimum atomic E-state index is -3.81. The van der Waals surface area contributed by atoms with Crippen LogP contribution in [0.2, 0.25) is 5.02 Å². The molecule has 8 heteroatoms. The van der Waals surface area contributed by atoms with E-state index in [2.05, 4.69) is 4.72 Å². The van der Waals surface area contributed by atoms with E-state index in [4.69, 9.17) is 11.6 Å². The molecule has 0 fully saturated rings. The summed E-state index contributed by atoms with van der Waals surface area (Å²) in [7, 11) is -3.81. The summed E-state index contributed by atoms with van der Waals surface area (Å²) in [6.07, 6.45) is 0. The number of carbonyl (C=O) groups is 1. The molecule has 0 spiro atoms. The fourth-order valence-corrected chi connectivity index (χ4v) is 3.89. The van der Waals surface area contributed by atoms with E-state index >= 15 is 0 Å². The monoisotopic (exact) mass is 384 g/mol. The zero-order valence-electron chi connectivity index (χ0n) is 13.8. The Morgan fingerprint density at radius 1 is 1.24 bits per heavy atom. The predicted octanol–water partition coefficient (Wildman–Crippen LogP) is 3.12. The fraction of sp³-hybridized carbons (Fsp3) is 0.235. The summed E-state index contributed by atoms with van der Waals surface area (Å²) in [6, 6.07) is 10.3. The van der Waals surface area contributed by atoms with Crippen molar-refractivity contribution in [3.63, 3.8) is 0 Å². The fourth-order valence-electron chi connectivity index (χ4n) is 2.40. The zero-order chi connectivity index (χ0) is 18.6. The second-order valence-electron chi connectivity index (χ2n) is 5.43. The van der Waals surface area contributed by atoms with Gasteiger partial charge in [0.15, 0.2) is 0 Å². The van der Waals surface area contributed by atoms with Gasteiger partial charge in [0.05, 0.1) is 15.6 Å². The number of nitrogens with one attached hydrogen (secondary N) is 1. The van der Waals surface area contributed by atoms with Gasteiger partial charge in [-0.1, -0.05) is 23.7 Å². The number of nitrogens with zero attached hydrogens (tertiary/aromatic N) is 1. The first-order chi connectivity index (χ1) is 11.7. The maximum absolute atomic E-state index is 13.1. The molecule has 1 amide bonds. The van der Waals surface area contributed by atoms with Crippen LogP contribution in [0.4, 0.5) is 10.1 Å². The van der Waals surface area contributed by atoms with Crippen LogP contribution in [0.15, 0.2) is 47.4 Å². The quantitative estimate of drug-likeness (QED) is 0.832. The Labute approximate surface area is 151 Å². The normalized spacial score (nSPS) is 11.4. The Morgan fingerprint density at radius 3 is 2.52 bits per heavy atom. The van der Waals surface area contributed by atoms with Gasteiger partial charge >= 0.3 is 0 Å². The van der Waals surface area contributed by atoms with Gasteiger partial charge in [0.2, 0.25) is 15.9 Å². The van der Waals surface area contributed by atoms with Gasteiger partial charge in [-0.15, -0.1) is 0 Å². The summed E-state index contributed by atoms with van der Waals surface area (Å²) in [5.74, 6) is -0.761. The molecule has 1 N–H and O–H groups in total. The topological polar surface area (TPSA) is 66.5 Å². The molecule has 2 aromatic rings. The van der Waals surface area contributed by atoms with Gasteiger partial charge in [0.25, 0.3) is 0 Å². The molecule has 25 heavy (non-hydrogen) atoms. The number of halogens is 2. The van der Waals surface area contributed by atoms with E-state index in [-0.39, 0.29) is 23.9 Å². The number of hydrogen-bond acceptors (Lipinski definition) is 3. The maximum atomic E-state index is 13.1. The Balaban J connectivity index is 2.12. The van der Waals surface area contributed by atoms with Crippen LogP contribution in [0, 0.1) is 12.7 Å². The number of anilines is 1. The summed E-state index contributed by atoms with van der Waals surface area (Å²) < 4.78 is 40.3. The first-order valence-corrected chi connectivity index (χ1v) is 9.37. The van der Waals surface area contributed by atoms with Crippen LogP contribution in [-0.4, -0.2) is 27.4 Å². The average molecular weight is 385 g/mol. The van der Waals surface area contributed by atoms with Gasteiger partial charge in [-0.3, -0.25) is 4.79 Å². The second kappa shape index (κ2) is 7.95. The van der Waals surface area contributed by atoms with Gasteiger partial charge in [0, 0.05) is 20.0 Å². The summed E-state index contributed by atoms with van der Waals surface area (Å²) >= 11 is 6.10. The minimum Gasteiger partial charge on any atom is -0.310 e. The highest BCUT2D eigenvalue weighted by molar-refractivity contribution is 7.89. The van der Waals surface area contributed by atoms with Crippen molar-refractivity contribution in [2.75, 3.05) is 18.0 Å². The molecular formula is C17H18ClFN2O3S. The van der Waals surface area contributed by atoms with Crippen LogP contribution in [0.25, 0.3) is 0 Å². The van der Waals surface area contributed by atoms with Crippen LogP contribution in [-0.2, 0) is 14.8 Å². The molecule has 0 aliphatic heterocycles. The molecule has 0 heterocycles. The van der Waals surface area contributed by atoms with Crippen LogP contribution < -0.4 is 9.62 Å². The lowest BCUT2D eigenvalue weighted by atomic mass is 10.2. The van der Waals surface area contributed by atoms with Crippen molar-refractivity contribution in [3.05, 3.63) is 58.9 Å². The molecule has 0 aliphatic carbocycles. The summed E-state index contributed by atoms with van der Waals surface area (Å²) in [5.41, 5.74) is 0.816. The standard InChI is InChI=1S/C17H18ClFN2O3S/c1-12-11-14(19)7-8-17(12)25(23,24)20-9-10-21(13(2)22)16-6-4-3-5-15(16)18/h3-8,11,20H,9-10H2,1-2H3. The molecule has 0 aliphatic rings. The lowest BCUT2D eigenvalue weighted by molar-refractivity contribution is -0.116. The van der Waals surface area contributed by atoms with Gasteiger partial charge in [-0.25, -0.2) is 17.5 Å². The molecular weight excluding hydrogens is 367 g/mol. The highest BCUT2D eigenvalue weighted by Gasteiger charge is 2.19. The van der Waals surface area contributed by atoms with Crippen LogP contribution in [0.3, 0.4) is 0 Å². The molecule has 0 saturated heterocycles. The first-order valence-electron chi connectivity index (χ1n) is 7.51. The van der Waals surface area contributed by atoms with Crippen LogP contribution in [0.5, 0.6) is 0 Å². The van der Waals surface area contributed by atoms with Crippen molar-refractivity contribution >= 4 is 33.2 Å². The average Bonchev–Trinajstić information content (AvgIpc) is 2.52. The number of benzene rings is 2. The van der Waals surface area contributed by atoms with Crippen molar-refractivity contribution in [2.24, 2.45) is 0 Å². The molecule has 0 saturated carbocycles. The summed E-state index contributed by atoms with van der Waals surface area (Å²) in [4.78, 5) is 13.3. The van der Waals surface area contributed by atoms with E-state index in [9.17, 15) is 17.6 Å². The molecule has 0 aromatic heterocycles. The van der Waals surface area contributed by atoms with Crippen molar-refractivity contribution in [1.29, 1.82) is 0 Å². The van der Waals surface area contributed by atoms with Crippen molar-refractivity contribution in [1.82, 2.24) is 4.72 Å². The van der Waals surface area contributed by atoms with E-state index in [0.29, 0.717) is 16.3 Å². The summed E-state index contributed by atoms with van der Waals surface area (Å²) in [5, 5.41) is 0.398. The number of hydrogen-bond donors (Lipinski definition) is 1. The largest absolute Gasteiger partial charge is 0.310 e. The van der Waals surface area contributed by atoms with E-state index < -0.39 is 15.8 Å². The number of para-hydroxylation sites is 1. The third-order valence-corrected chi connectivity index (χ3v) is 5.52. The van der Waals surface area contributed by atoms with E-state index in [1.54, 1.807) is 24.3 Å². The van der Waals surface area contributed by atoms with Gasteiger partial charge in [-0.05, 0) is 42.8 Å².